The van der Waals surface area contributed by atoms with Crippen LogP contribution in [0.2, 0.25) is 0 Å². The lowest BCUT2D eigenvalue weighted by atomic mass is 9.93. The van der Waals surface area contributed by atoms with E-state index in [9.17, 15) is 14.4 Å². The molecule has 8 heteroatoms. The molecule has 1 aromatic carbocycles. The Hall–Kier alpha value is -3.03. The van der Waals surface area contributed by atoms with Crippen molar-refractivity contribution in [3.8, 4) is 5.75 Å². The number of hydrogen-bond donors (Lipinski definition) is 2. The fourth-order valence-electron chi connectivity index (χ4n) is 3.03. The van der Waals surface area contributed by atoms with Gasteiger partial charge in [-0.15, -0.1) is 0 Å². The normalized spacial score (nSPS) is 13.0. The van der Waals surface area contributed by atoms with E-state index in [1.165, 1.54) is 14.2 Å². The summed E-state index contributed by atoms with van der Waals surface area (Å²) in [5.74, 6) is -0.847. The Balaban J connectivity index is 2.53. The van der Waals surface area contributed by atoms with Crippen molar-refractivity contribution in [2.45, 2.75) is 39.7 Å². The molecule has 0 saturated carbocycles. The van der Waals surface area contributed by atoms with Gasteiger partial charge in [0.1, 0.15) is 12.4 Å². The van der Waals surface area contributed by atoms with Crippen molar-refractivity contribution in [1.82, 2.24) is 0 Å². The van der Waals surface area contributed by atoms with Crippen molar-refractivity contribution in [2.75, 3.05) is 19.5 Å². The molecule has 0 saturated heterocycles. The van der Waals surface area contributed by atoms with Crippen LogP contribution in [0.4, 0.5) is 10.5 Å². The van der Waals surface area contributed by atoms with Gasteiger partial charge in [-0.3, -0.25) is 10.1 Å². The summed E-state index contributed by atoms with van der Waals surface area (Å²) in [5, 5.41) is 11.4. The standard InChI is InChI=1S/C19H23NO7/c1-10(6-8-14(21)22)5-7-12-16(20-19(24)26-4)15-13(9-27-18(15)23)11(2)17(12)25-3/h5H,6-9H2,1-4H3,(H,20,24)(H,21,22). The molecule has 8 nitrogen and oxygen atoms in total. The molecule has 2 rings (SSSR count). The maximum absolute atomic E-state index is 12.2. The molecule has 1 aliphatic rings. The summed E-state index contributed by atoms with van der Waals surface area (Å²) in [6.07, 6.45) is 1.92. The Labute approximate surface area is 157 Å². The summed E-state index contributed by atoms with van der Waals surface area (Å²) in [6, 6.07) is 0. The summed E-state index contributed by atoms with van der Waals surface area (Å²) >= 11 is 0. The molecule has 0 unspecified atom stereocenters. The third-order valence-electron chi connectivity index (χ3n) is 4.48. The van der Waals surface area contributed by atoms with Crippen molar-refractivity contribution >= 4 is 23.7 Å². The van der Waals surface area contributed by atoms with Gasteiger partial charge in [0.25, 0.3) is 0 Å². The fraction of sp³-hybridized carbons (Fsp3) is 0.421. The predicted octanol–water partition coefficient (Wildman–Crippen LogP) is 3.21. The number of fused-ring (bicyclic) bond motifs is 1. The van der Waals surface area contributed by atoms with E-state index in [1.54, 1.807) is 0 Å². The van der Waals surface area contributed by atoms with Gasteiger partial charge >= 0.3 is 18.0 Å². The van der Waals surface area contributed by atoms with Crippen LogP contribution in [-0.4, -0.2) is 37.4 Å². The number of carboxylic acids is 1. The number of cyclic esters (lactones) is 1. The molecule has 0 spiro atoms. The van der Waals surface area contributed by atoms with E-state index >= 15 is 0 Å². The number of aliphatic carboxylic acids is 1. The van der Waals surface area contributed by atoms with Crippen molar-refractivity contribution in [2.24, 2.45) is 0 Å². The van der Waals surface area contributed by atoms with Crippen LogP contribution < -0.4 is 10.1 Å². The Morgan fingerprint density at radius 3 is 2.59 bits per heavy atom. The van der Waals surface area contributed by atoms with Gasteiger partial charge in [0.05, 0.1) is 25.5 Å². The predicted molar refractivity (Wildman–Crippen MR) is 97.2 cm³/mol. The molecule has 0 fully saturated rings. The van der Waals surface area contributed by atoms with Crippen LogP contribution >= 0.6 is 0 Å². The first kappa shape index (κ1) is 20.3. The van der Waals surface area contributed by atoms with Crippen molar-refractivity contribution < 1.29 is 33.7 Å². The van der Waals surface area contributed by atoms with Gasteiger partial charge in [-0.1, -0.05) is 11.6 Å². The zero-order valence-electron chi connectivity index (χ0n) is 15.8. The largest absolute Gasteiger partial charge is 0.496 e. The van der Waals surface area contributed by atoms with Crippen molar-refractivity contribution in [3.63, 3.8) is 0 Å². The highest BCUT2D eigenvalue weighted by atomic mass is 16.5. The molecule has 1 heterocycles. The molecular formula is C19H23NO7. The van der Waals surface area contributed by atoms with Crippen LogP contribution in [-0.2, 0) is 27.3 Å². The molecule has 0 bridgehead atoms. The summed E-state index contributed by atoms with van der Waals surface area (Å²) < 4.78 is 15.4. The molecule has 27 heavy (non-hydrogen) atoms. The van der Waals surface area contributed by atoms with Crippen LogP contribution in [0, 0.1) is 6.92 Å². The minimum absolute atomic E-state index is 0.0300. The number of carbonyl (C=O) groups excluding carboxylic acids is 2. The van der Waals surface area contributed by atoms with Crippen LogP contribution in [0.25, 0.3) is 0 Å². The average molecular weight is 377 g/mol. The second kappa shape index (κ2) is 8.57. The Morgan fingerprint density at radius 2 is 2.00 bits per heavy atom. The van der Waals surface area contributed by atoms with Crippen LogP contribution in [0.5, 0.6) is 5.75 Å². The minimum Gasteiger partial charge on any atom is -0.496 e. The number of methoxy groups -OCH3 is 2. The first-order chi connectivity index (χ1) is 12.8. The highest BCUT2D eigenvalue weighted by Gasteiger charge is 2.32. The second-order valence-electron chi connectivity index (χ2n) is 6.21. The number of carbonyl (C=O) groups is 3. The molecule has 1 aliphatic heterocycles. The smallest absolute Gasteiger partial charge is 0.411 e. The van der Waals surface area contributed by atoms with Gasteiger partial charge in [0.15, 0.2) is 0 Å². The van der Waals surface area contributed by atoms with Gasteiger partial charge in [-0.05, 0) is 32.3 Å². The first-order valence-corrected chi connectivity index (χ1v) is 8.41. The maximum atomic E-state index is 12.2. The molecule has 1 amide bonds. The highest BCUT2D eigenvalue weighted by molar-refractivity contribution is 6.04. The van der Waals surface area contributed by atoms with Crippen molar-refractivity contribution in [3.05, 3.63) is 33.9 Å². The number of hydrogen-bond acceptors (Lipinski definition) is 6. The number of benzene rings is 1. The van der Waals surface area contributed by atoms with E-state index in [2.05, 4.69) is 10.1 Å². The highest BCUT2D eigenvalue weighted by Crippen LogP contribution is 2.41. The molecule has 146 valence electrons. The molecular weight excluding hydrogens is 354 g/mol. The van der Waals surface area contributed by atoms with Gasteiger partial charge in [0.2, 0.25) is 0 Å². The average Bonchev–Trinajstić information content (AvgIpc) is 3.02. The van der Waals surface area contributed by atoms with Gasteiger partial charge in [-0.2, -0.15) is 0 Å². The third-order valence-corrected chi connectivity index (χ3v) is 4.48. The maximum Gasteiger partial charge on any atom is 0.411 e. The number of ether oxygens (including phenoxy) is 3. The minimum atomic E-state index is -0.871. The Bertz CT molecular complexity index is 811. The number of nitrogens with one attached hydrogen (secondary N) is 1. The van der Waals surface area contributed by atoms with Crippen molar-refractivity contribution in [1.29, 1.82) is 0 Å². The number of amides is 1. The lowest BCUT2D eigenvalue weighted by Crippen LogP contribution is -2.17. The molecule has 0 aliphatic carbocycles. The zero-order chi connectivity index (χ0) is 20.1. The summed E-state index contributed by atoms with van der Waals surface area (Å²) in [5.41, 5.74) is 3.50. The number of carboxylic acid groups (broad SMARTS) is 1. The lowest BCUT2D eigenvalue weighted by molar-refractivity contribution is -0.136. The Morgan fingerprint density at radius 1 is 1.30 bits per heavy atom. The summed E-state index contributed by atoms with van der Waals surface area (Å²) in [6.45, 7) is 3.77. The van der Waals surface area contributed by atoms with Gasteiger partial charge in [0, 0.05) is 17.5 Å². The molecule has 0 atom stereocenters. The quantitative estimate of drug-likeness (QED) is 0.554. The van der Waals surface area contributed by atoms with Crippen LogP contribution in [0.15, 0.2) is 11.6 Å². The number of allylic oxidation sites excluding steroid dienone is 2. The Kier molecular flexibility index (Phi) is 6.44. The number of anilines is 1. The van der Waals surface area contributed by atoms with E-state index in [1.807, 2.05) is 19.9 Å². The van der Waals surface area contributed by atoms with E-state index < -0.39 is 18.0 Å². The zero-order valence-corrected chi connectivity index (χ0v) is 15.8. The van der Waals surface area contributed by atoms with Gasteiger partial charge < -0.3 is 19.3 Å². The topological polar surface area (TPSA) is 111 Å². The summed E-state index contributed by atoms with van der Waals surface area (Å²) in [7, 11) is 2.74. The monoisotopic (exact) mass is 377 g/mol. The fourth-order valence-corrected chi connectivity index (χ4v) is 3.03. The molecule has 2 N–H and O–H groups in total. The first-order valence-electron chi connectivity index (χ1n) is 8.41. The number of esters is 1. The molecule has 0 radical (unpaired) electrons. The van der Waals surface area contributed by atoms with Crippen LogP contribution in [0.3, 0.4) is 0 Å². The van der Waals surface area contributed by atoms with E-state index in [0.717, 1.165) is 11.1 Å². The van der Waals surface area contributed by atoms with Crippen LogP contribution in [0.1, 0.15) is 46.8 Å². The third kappa shape index (κ3) is 4.39. The second-order valence-corrected chi connectivity index (χ2v) is 6.21. The van der Waals surface area contributed by atoms with E-state index in [4.69, 9.17) is 14.6 Å². The lowest BCUT2D eigenvalue weighted by Gasteiger charge is -2.19. The molecule has 0 aromatic heterocycles. The van der Waals surface area contributed by atoms with E-state index in [0.29, 0.717) is 41.0 Å². The SMILES string of the molecule is COC(=O)Nc1c(CC=C(C)CCC(=O)O)c(OC)c(C)c2c1C(=O)OC2. The molecule has 1 aromatic rings. The van der Waals surface area contributed by atoms with E-state index in [-0.39, 0.29) is 13.0 Å². The number of rotatable bonds is 7. The van der Waals surface area contributed by atoms with Gasteiger partial charge in [-0.25, -0.2) is 9.59 Å². The summed E-state index contributed by atoms with van der Waals surface area (Å²) in [4.78, 5) is 34.8.